The SMILES string of the molecule is CCC(CC)n1cc(C(=O)Nc2ccc(Oc3ccnc4cc(OC)c(OC)cc34)cn2)c(=O)c(-c2ccc(F)cc2F)c1.[HH]. The summed E-state index contributed by atoms with van der Waals surface area (Å²) in [5.41, 5.74) is -0.388. The van der Waals surface area contributed by atoms with Crippen LogP contribution in [0.1, 0.15) is 44.5 Å². The minimum absolute atomic E-state index is 0. The summed E-state index contributed by atoms with van der Waals surface area (Å²) in [7, 11) is 3.08. The van der Waals surface area contributed by atoms with Crippen molar-refractivity contribution in [3.63, 3.8) is 0 Å². The van der Waals surface area contributed by atoms with E-state index in [2.05, 4.69) is 15.3 Å². The van der Waals surface area contributed by atoms with Crippen molar-refractivity contribution in [2.24, 2.45) is 0 Å². The highest BCUT2D eigenvalue weighted by Gasteiger charge is 2.21. The van der Waals surface area contributed by atoms with Crippen molar-refractivity contribution >= 4 is 22.6 Å². The summed E-state index contributed by atoms with van der Waals surface area (Å²) >= 11 is 0. The summed E-state index contributed by atoms with van der Waals surface area (Å²) in [6.45, 7) is 3.94. The van der Waals surface area contributed by atoms with Crippen LogP contribution in [0, 0.1) is 11.6 Å². The Hall–Kier alpha value is -5.32. The zero-order chi connectivity index (χ0) is 31.4. The second-order valence-corrected chi connectivity index (χ2v) is 9.93. The molecule has 2 aromatic carbocycles. The van der Waals surface area contributed by atoms with E-state index in [0.29, 0.717) is 52.8 Å². The molecule has 5 aromatic rings. The molecule has 11 heteroatoms. The van der Waals surface area contributed by atoms with Crippen LogP contribution in [0.15, 0.2) is 78.1 Å². The molecule has 0 saturated carbocycles. The van der Waals surface area contributed by atoms with E-state index in [1.807, 2.05) is 13.8 Å². The Morgan fingerprint density at radius 3 is 2.34 bits per heavy atom. The van der Waals surface area contributed by atoms with E-state index < -0.39 is 23.0 Å². The summed E-state index contributed by atoms with van der Waals surface area (Å²) in [6.07, 6.45) is 7.41. The first-order chi connectivity index (χ1) is 21.3. The summed E-state index contributed by atoms with van der Waals surface area (Å²) in [5.74, 6) is -0.281. The number of halogens is 2. The lowest BCUT2D eigenvalue weighted by molar-refractivity contribution is 0.102. The molecule has 0 atom stereocenters. The van der Waals surface area contributed by atoms with Gasteiger partial charge in [0.05, 0.1) is 25.9 Å². The minimum atomic E-state index is -0.896. The number of hydrogen-bond donors (Lipinski definition) is 1. The van der Waals surface area contributed by atoms with Gasteiger partial charge in [-0.2, -0.15) is 0 Å². The van der Waals surface area contributed by atoms with Gasteiger partial charge in [0.2, 0.25) is 5.43 Å². The Balaban J connectivity index is 0.00000461. The van der Waals surface area contributed by atoms with E-state index in [-0.39, 0.29) is 30.0 Å². The fraction of sp³-hybridized carbons (Fsp3) is 0.212. The predicted molar refractivity (Wildman–Crippen MR) is 165 cm³/mol. The molecule has 3 aromatic heterocycles. The van der Waals surface area contributed by atoms with E-state index in [0.717, 1.165) is 6.07 Å². The average Bonchev–Trinajstić information content (AvgIpc) is 3.02. The Labute approximate surface area is 253 Å². The number of nitrogens with zero attached hydrogens (tertiary/aromatic N) is 3. The molecule has 0 bridgehead atoms. The van der Waals surface area contributed by atoms with Gasteiger partial charge in [-0.15, -0.1) is 0 Å². The first-order valence-corrected chi connectivity index (χ1v) is 13.9. The Morgan fingerprint density at radius 1 is 0.932 bits per heavy atom. The molecule has 0 aliphatic heterocycles. The fourth-order valence-corrected chi connectivity index (χ4v) is 4.94. The zero-order valence-electron chi connectivity index (χ0n) is 24.6. The van der Waals surface area contributed by atoms with Crippen LogP contribution in [-0.4, -0.2) is 34.7 Å². The molecule has 0 aliphatic rings. The van der Waals surface area contributed by atoms with Gasteiger partial charge < -0.3 is 24.1 Å². The van der Waals surface area contributed by atoms with Crippen LogP contribution in [0.4, 0.5) is 14.6 Å². The predicted octanol–water partition coefficient (Wildman–Crippen LogP) is 7.41. The minimum Gasteiger partial charge on any atom is -0.493 e. The molecule has 5 rings (SSSR count). The lowest BCUT2D eigenvalue weighted by atomic mass is 10.0. The molecular weight excluding hydrogens is 570 g/mol. The molecule has 1 N–H and O–H groups in total. The van der Waals surface area contributed by atoms with Crippen LogP contribution in [-0.2, 0) is 0 Å². The van der Waals surface area contributed by atoms with Crippen LogP contribution < -0.4 is 25.0 Å². The van der Waals surface area contributed by atoms with Crippen LogP contribution in [0.5, 0.6) is 23.0 Å². The van der Waals surface area contributed by atoms with Crippen molar-refractivity contribution in [3.05, 3.63) is 101 Å². The Kier molecular flexibility index (Phi) is 8.84. The van der Waals surface area contributed by atoms with Crippen molar-refractivity contribution in [2.45, 2.75) is 32.7 Å². The third-order valence-corrected chi connectivity index (χ3v) is 7.29. The van der Waals surface area contributed by atoms with Crippen LogP contribution in [0.2, 0.25) is 0 Å². The van der Waals surface area contributed by atoms with Gasteiger partial charge in [-0.1, -0.05) is 13.8 Å². The van der Waals surface area contributed by atoms with Gasteiger partial charge >= 0.3 is 0 Å². The number of benzene rings is 2. The normalized spacial score (nSPS) is 11.1. The first kappa shape index (κ1) is 30.1. The maximum Gasteiger partial charge on any atom is 0.262 e. The van der Waals surface area contributed by atoms with Crippen molar-refractivity contribution in [1.82, 2.24) is 14.5 Å². The number of ether oxygens (including phenoxy) is 3. The third kappa shape index (κ3) is 6.07. The Bertz CT molecular complexity index is 1900. The number of hydrogen-bond acceptors (Lipinski definition) is 7. The molecule has 3 heterocycles. The molecule has 0 spiro atoms. The summed E-state index contributed by atoms with van der Waals surface area (Å²) < 4.78 is 46.8. The van der Waals surface area contributed by atoms with Gasteiger partial charge in [0.25, 0.3) is 5.91 Å². The number of aromatic nitrogens is 3. The zero-order valence-corrected chi connectivity index (χ0v) is 24.6. The number of methoxy groups -OCH3 is 2. The van der Waals surface area contributed by atoms with E-state index in [1.54, 1.807) is 42.1 Å². The molecule has 1 amide bonds. The second kappa shape index (κ2) is 12.9. The van der Waals surface area contributed by atoms with Crippen molar-refractivity contribution in [1.29, 1.82) is 0 Å². The van der Waals surface area contributed by atoms with E-state index in [9.17, 15) is 18.4 Å². The van der Waals surface area contributed by atoms with Gasteiger partial charge in [-0.3, -0.25) is 14.6 Å². The number of carbonyl (C=O) groups is 1. The number of carbonyl (C=O) groups excluding carboxylic acids is 1. The second-order valence-electron chi connectivity index (χ2n) is 9.93. The molecule has 0 radical (unpaired) electrons. The van der Waals surface area contributed by atoms with Crippen LogP contribution in [0.3, 0.4) is 0 Å². The van der Waals surface area contributed by atoms with Gasteiger partial charge in [0, 0.05) is 54.7 Å². The molecule has 0 fully saturated rings. The van der Waals surface area contributed by atoms with Crippen LogP contribution in [0.25, 0.3) is 22.0 Å². The topological polar surface area (TPSA) is 105 Å². The Morgan fingerprint density at radius 2 is 1.68 bits per heavy atom. The number of amides is 1. The number of fused-ring (bicyclic) bond motifs is 1. The highest BCUT2D eigenvalue weighted by Crippen LogP contribution is 2.37. The molecular formula is C33H32F2N4O5. The number of nitrogens with one attached hydrogen (secondary N) is 1. The quantitative estimate of drug-likeness (QED) is 0.178. The first-order valence-electron chi connectivity index (χ1n) is 13.9. The maximum absolute atomic E-state index is 14.7. The lowest BCUT2D eigenvalue weighted by Gasteiger charge is -2.20. The van der Waals surface area contributed by atoms with Gasteiger partial charge in [0.15, 0.2) is 11.5 Å². The standard InChI is InChI=1S/C33H30F2N4O5.H2/c1-5-20(6-2)39-17-24(22-9-7-19(34)13-26(22)35)32(40)25(18-39)33(41)38-31-10-8-21(16-37-31)44-28-11-12-36-27-15-30(43-4)29(42-3)14-23(27)28;/h7-18,20H,5-6H2,1-4H3,(H,37,38,41);1H. The maximum atomic E-state index is 14.7. The van der Waals surface area contributed by atoms with E-state index >= 15 is 0 Å². The third-order valence-electron chi connectivity index (χ3n) is 7.29. The molecule has 9 nitrogen and oxygen atoms in total. The van der Waals surface area contributed by atoms with E-state index in [1.165, 1.54) is 37.8 Å². The van der Waals surface area contributed by atoms with Crippen LogP contribution >= 0.6 is 0 Å². The summed E-state index contributed by atoms with van der Waals surface area (Å²) in [5, 5.41) is 3.33. The van der Waals surface area contributed by atoms with Crippen molar-refractivity contribution < 1.29 is 29.2 Å². The van der Waals surface area contributed by atoms with Gasteiger partial charge in [-0.05, 0) is 49.2 Å². The van der Waals surface area contributed by atoms with Crippen molar-refractivity contribution in [2.75, 3.05) is 19.5 Å². The number of rotatable bonds is 10. The number of pyridine rings is 3. The van der Waals surface area contributed by atoms with Crippen molar-refractivity contribution in [3.8, 4) is 34.1 Å². The molecule has 44 heavy (non-hydrogen) atoms. The molecule has 0 unspecified atom stereocenters. The largest absolute Gasteiger partial charge is 0.493 e. The van der Waals surface area contributed by atoms with Gasteiger partial charge in [-0.25, -0.2) is 13.8 Å². The summed E-state index contributed by atoms with van der Waals surface area (Å²) in [6, 6.07) is 11.3. The fourth-order valence-electron chi connectivity index (χ4n) is 4.94. The van der Waals surface area contributed by atoms with Gasteiger partial charge in [0.1, 0.15) is 34.5 Å². The molecule has 228 valence electrons. The number of anilines is 1. The smallest absolute Gasteiger partial charge is 0.262 e. The molecule has 0 aliphatic carbocycles. The lowest BCUT2D eigenvalue weighted by Crippen LogP contribution is -2.26. The highest BCUT2D eigenvalue weighted by molar-refractivity contribution is 6.04. The summed E-state index contributed by atoms with van der Waals surface area (Å²) in [4.78, 5) is 35.5. The molecule has 0 saturated heterocycles. The average molecular weight is 603 g/mol. The van der Waals surface area contributed by atoms with E-state index in [4.69, 9.17) is 14.2 Å². The monoisotopic (exact) mass is 602 g/mol. The highest BCUT2D eigenvalue weighted by atomic mass is 19.1.